The fourth-order valence-corrected chi connectivity index (χ4v) is 8.28. The maximum absolute atomic E-state index is 5.19. The van der Waals surface area contributed by atoms with Gasteiger partial charge in [0.05, 0.1) is 15.9 Å². The van der Waals surface area contributed by atoms with Crippen molar-refractivity contribution >= 4 is 48.7 Å². The Morgan fingerprint density at radius 1 is 0.532 bits per heavy atom. The molecule has 4 heteroatoms. The van der Waals surface area contributed by atoms with Gasteiger partial charge in [-0.1, -0.05) is 111 Å². The van der Waals surface area contributed by atoms with Crippen LogP contribution >= 0.6 is 11.3 Å². The third-order valence-corrected chi connectivity index (χ3v) is 10.7. The molecule has 47 heavy (non-hydrogen) atoms. The van der Waals surface area contributed by atoms with Gasteiger partial charge in [-0.15, -0.1) is 11.3 Å². The average molecular weight is 622 g/mol. The highest BCUT2D eigenvalue weighted by atomic mass is 32.1. The molecule has 6 aromatic carbocycles. The molecule has 0 aliphatic heterocycles. The Morgan fingerprint density at radius 3 is 1.98 bits per heavy atom. The van der Waals surface area contributed by atoms with Crippen molar-refractivity contribution in [1.82, 2.24) is 9.97 Å². The number of para-hydroxylation sites is 1. The maximum Gasteiger partial charge on any atom is 0.160 e. The second kappa shape index (κ2) is 10.8. The van der Waals surface area contributed by atoms with Crippen LogP contribution < -0.4 is 4.90 Å². The molecule has 9 rings (SSSR count). The van der Waals surface area contributed by atoms with Crippen LogP contribution in [0.4, 0.5) is 17.1 Å². The van der Waals surface area contributed by atoms with Crippen molar-refractivity contribution in [3.8, 4) is 33.8 Å². The van der Waals surface area contributed by atoms with E-state index < -0.39 is 0 Å². The number of hydrogen-bond donors (Lipinski definition) is 0. The van der Waals surface area contributed by atoms with Crippen LogP contribution in [0.1, 0.15) is 25.0 Å². The number of thiophene rings is 1. The van der Waals surface area contributed by atoms with Gasteiger partial charge < -0.3 is 4.90 Å². The molecule has 0 unspecified atom stereocenters. The van der Waals surface area contributed by atoms with E-state index in [1.807, 2.05) is 6.07 Å². The zero-order valence-electron chi connectivity index (χ0n) is 26.2. The van der Waals surface area contributed by atoms with E-state index in [9.17, 15) is 0 Å². The molecule has 2 heterocycles. The summed E-state index contributed by atoms with van der Waals surface area (Å²) < 4.78 is 2.34. The molecule has 3 nitrogen and oxygen atoms in total. The van der Waals surface area contributed by atoms with Gasteiger partial charge in [-0.2, -0.15) is 0 Å². The van der Waals surface area contributed by atoms with Gasteiger partial charge in [0.25, 0.3) is 0 Å². The molecular weight excluding hydrogens is 591 g/mol. The molecule has 0 amide bonds. The number of hydrogen-bond acceptors (Lipinski definition) is 4. The van der Waals surface area contributed by atoms with Gasteiger partial charge in [0.1, 0.15) is 0 Å². The van der Waals surface area contributed by atoms with Gasteiger partial charge in [-0.05, 0) is 76.9 Å². The number of aromatic nitrogens is 2. The fraction of sp³-hybridized carbons (Fsp3) is 0.0698. The minimum atomic E-state index is -0.0770. The summed E-state index contributed by atoms with van der Waals surface area (Å²) in [5.41, 5.74) is 12.7. The Hall–Kier alpha value is -5.58. The summed E-state index contributed by atoms with van der Waals surface area (Å²) in [6.07, 6.45) is 0. The summed E-state index contributed by atoms with van der Waals surface area (Å²) in [6, 6.07) is 54.0. The standard InChI is InChI=1S/C43H31N3S/c1-43(2)36-19-11-9-17-33(36)34-26-25-32(27-37(34)43)46(30-15-7-4-8-16-30)31-23-21-29(22-24-31)42-44-39(28-13-5-3-6-14-28)41-40(45-42)35-18-10-12-20-38(35)47-41/h3-27H,1-2H3. The molecule has 2 aromatic heterocycles. The first kappa shape index (κ1) is 27.7. The zero-order valence-corrected chi connectivity index (χ0v) is 27.0. The summed E-state index contributed by atoms with van der Waals surface area (Å²) in [4.78, 5) is 12.7. The van der Waals surface area contributed by atoms with Crippen LogP contribution in [-0.4, -0.2) is 9.97 Å². The third-order valence-electron chi connectivity index (χ3n) is 9.49. The molecule has 0 fully saturated rings. The Balaban J connectivity index is 1.17. The molecule has 0 N–H and O–H groups in total. The number of rotatable bonds is 5. The highest BCUT2D eigenvalue weighted by Crippen LogP contribution is 2.50. The van der Waals surface area contributed by atoms with Crippen molar-refractivity contribution in [3.05, 3.63) is 163 Å². The van der Waals surface area contributed by atoms with E-state index in [0.29, 0.717) is 0 Å². The van der Waals surface area contributed by atoms with E-state index in [1.54, 1.807) is 11.3 Å². The average Bonchev–Trinajstić information content (AvgIpc) is 3.61. The molecule has 0 radical (unpaired) electrons. The Bertz CT molecular complexity index is 2430. The van der Waals surface area contributed by atoms with Crippen molar-refractivity contribution in [1.29, 1.82) is 0 Å². The summed E-state index contributed by atoms with van der Waals surface area (Å²) in [5.74, 6) is 0.731. The lowest BCUT2D eigenvalue weighted by Crippen LogP contribution is -2.16. The second-order valence-electron chi connectivity index (χ2n) is 12.7. The van der Waals surface area contributed by atoms with E-state index in [2.05, 4.69) is 164 Å². The summed E-state index contributed by atoms with van der Waals surface area (Å²) in [6.45, 7) is 4.67. The predicted octanol–water partition coefficient (Wildman–Crippen LogP) is 12.0. The van der Waals surface area contributed by atoms with E-state index in [0.717, 1.165) is 49.9 Å². The molecule has 224 valence electrons. The SMILES string of the molecule is CC1(C)c2ccccc2-c2ccc(N(c3ccccc3)c3ccc(-c4nc(-c5ccccc5)c5sc6ccccc6c5n4)cc3)cc21. The van der Waals surface area contributed by atoms with Crippen LogP contribution in [0.5, 0.6) is 0 Å². The van der Waals surface area contributed by atoms with Gasteiger partial charge in [-0.3, -0.25) is 0 Å². The molecule has 1 aliphatic rings. The van der Waals surface area contributed by atoms with Gasteiger partial charge >= 0.3 is 0 Å². The van der Waals surface area contributed by atoms with Gasteiger partial charge in [0.15, 0.2) is 5.82 Å². The maximum atomic E-state index is 5.19. The Kier molecular flexibility index (Phi) is 6.34. The largest absolute Gasteiger partial charge is 0.310 e. The van der Waals surface area contributed by atoms with E-state index >= 15 is 0 Å². The van der Waals surface area contributed by atoms with Crippen LogP contribution in [0.25, 0.3) is 54.1 Å². The van der Waals surface area contributed by atoms with Crippen molar-refractivity contribution in [3.63, 3.8) is 0 Å². The smallest absolute Gasteiger partial charge is 0.160 e. The molecule has 0 bridgehead atoms. The molecule has 0 saturated carbocycles. The summed E-state index contributed by atoms with van der Waals surface area (Å²) >= 11 is 1.76. The molecule has 8 aromatic rings. The van der Waals surface area contributed by atoms with Gasteiger partial charge in [-0.25, -0.2) is 9.97 Å². The van der Waals surface area contributed by atoms with Crippen LogP contribution in [0.3, 0.4) is 0 Å². The van der Waals surface area contributed by atoms with Crippen LogP contribution in [0.2, 0.25) is 0 Å². The minimum absolute atomic E-state index is 0.0770. The Labute approximate surface area is 278 Å². The van der Waals surface area contributed by atoms with Gasteiger partial charge in [0, 0.05) is 43.7 Å². The highest BCUT2D eigenvalue weighted by molar-refractivity contribution is 7.26. The summed E-state index contributed by atoms with van der Waals surface area (Å²) in [7, 11) is 0. The fourth-order valence-electron chi connectivity index (χ4n) is 7.13. The van der Waals surface area contributed by atoms with Crippen molar-refractivity contribution in [2.45, 2.75) is 19.3 Å². The van der Waals surface area contributed by atoms with Gasteiger partial charge in [0.2, 0.25) is 0 Å². The number of fused-ring (bicyclic) bond motifs is 6. The van der Waals surface area contributed by atoms with Crippen molar-refractivity contribution in [2.75, 3.05) is 4.90 Å². The predicted molar refractivity (Wildman–Crippen MR) is 198 cm³/mol. The second-order valence-corrected chi connectivity index (χ2v) is 13.7. The minimum Gasteiger partial charge on any atom is -0.310 e. The first-order valence-corrected chi connectivity index (χ1v) is 16.8. The Morgan fingerprint density at radius 2 is 1.17 bits per heavy atom. The van der Waals surface area contributed by atoms with E-state index in [-0.39, 0.29) is 5.41 Å². The highest BCUT2D eigenvalue weighted by Gasteiger charge is 2.35. The lowest BCUT2D eigenvalue weighted by atomic mass is 9.82. The van der Waals surface area contributed by atoms with Crippen LogP contribution in [-0.2, 0) is 5.41 Å². The third kappa shape index (κ3) is 4.48. The first-order chi connectivity index (χ1) is 23.1. The van der Waals surface area contributed by atoms with E-state index in [4.69, 9.17) is 9.97 Å². The topological polar surface area (TPSA) is 29.0 Å². The molecule has 0 saturated heterocycles. The first-order valence-electron chi connectivity index (χ1n) is 16.0. The monoisotopic (exact) mass is 621 g/mol. The quantitative estimate of drug-likeness (QED) is 0.191. The van der Waals surface area contributed by atoms with Crippen molar-refractivity contribution < 1.29 is 0 Å². The van der Waals surface area contributed by atoms with Crippen molar-refractivity contribution in [2.24, 2.45) is 0 Å². The summed E-state index contributed by atoms with van der Waals surface area (Å²) in [5, 5.41) is 1.17. The number of benzene rings is 6. The zero-order chi connectivity index (χ0) is 31.5. The normalized spacial score (nSPS) is 13.1. The lowest BCUT2D eigenvalue weighted by Gasteiger charge is -2.28. The molecule has 1 aliphatic carbocycles. The van der Waals surface area contributed by atoms with Crippen LogP contribution in [0.15, 0.2) is 152 Å². The van der Waals surface area contributed by atoms with Crippen LogP contribution in [0, 0.1) is 0 Å². The van der Waals surface area contributed by atoms with E-state index in [1.165, 1.54) is 32.3 Å². The lowest BCUT2D eigenvalue weighted by molar-refractivity contribution is 0.660. The molecular formula is C43H31N3S. The number of anilines is 3. The number of nitrogens with zero attached hydrogens (tertiary/aromatic N) is 3. The molecule has 0 atom stereocenters. The molecule has 0 spiro atoms.